The lowest BCUT2D eigenvalue weighted by atomic mass is 10.2. The maximum Gasteiger partial charge on any atom is 0.191 e. The first-order valence-electron chi connectivity index (χ1n) is 8.13. The van der Waals surface area contributed by atoms with Gasteiger partial charge in [-0.15, -0.1) is 11.3 Å². The van der Waals surface area contributed by atoms with Crippen molar-refractivity contribution in [2.75, 3.05) is 60.2 Å². The molecule has 0 amide bonds. The van der Waals surface area contributed by atoms with Crippen LogP contribution in [0.15, 0.2) is 22.5 Å². The number of hydrogen-bond acceptors (Lipinski definition) is 5. The molecule has 1 saturated heterocycles. The van der Waals surface area contributed by atoms with E-state index in [0.29, 0.717) is 6.04 Å². The van der Waals surface area contributed by atoms with E-state index in [9.17, 15) is 0 Å². The number of hydrogen-bond donors (Lipinski definition) is 2. The van der Waals surface area contributed by atoms with Crippen molar-refractivity contribution in [2.45, 2.75) is 12.5 Å². The van der Waals surface area contributed by atoms with Crippen molar-refractivity contribution >= 4 is 17.3 Å². The smallest absolute Gasteiger partial charge is 0.191 e. The van der Waals surface area contributed by atoms with Gasteiger partial charge in [0.1, 0.15) is 0 Å². The van der Waals surface area contributed by atoms with E-state index in [2.05, 4.69) is 38.0 Å². The Morgan fingerprint density at radius 1 is 1.43 bits per heavy atom. The van der Waals surface area contributed by atoms with E-state index < -0.39 is 0 Å². The van der Waals surface area contributed by atoms with Gasteiger partial charge in [0.05, 0.1) is 19.3 Å². The molecule has 0 aromatic carbocycles. The molecule has 2 rings (SSSR count). The Kier molecular flexibility index (Phi) is 8.38. The predicted octanol–water partition coefficient (Wildman–Crippen LogP) is 1.32. The maximum atomic E-state index is 5.48. The van der Waals surface area contributed by atoms with Gasteiger partial charge >= 0.3 is 0 Å². The Morgan fingerprint density at radius 3 is 2.91 bits per heavy atom. The molecule has 0 saturated carbocycles. The third-order valence-corrected chi connectivity index (χ3v) is 4.84. The summed E-state index contributed by atoms with van der Waals surface area (Å²) in [5.74, 6) is 0.843. The Balaban J connectivity index is 1.87. The standard InChI is InChI=1S/C16H28N4O2S/c1-17-16(18-6-4-9-21-2)19-13-14(15-5-3-12-23-15)20-7-10-22-11-8-20/h3,5,12,14H,4,6-11,13H2,1-2H3,(H2,17,18,19). The first-order chi connectivity index (χ1) is 11.3. The molecule has 1 fully saturated rings. The largest absolute Gasteiger partial charge is 0.385 e. The molecule has 0 radical (unpaired) electrons. The van der Waals surface area contributed by atoms with Gasteiger partial charge in [-0.1, -0.05) is 6.07 Å². The van der Waals surface area contributed by atoms with Gasteiger partial charge in [0.15, 0.2) is 5.96 Å². The summed E-state index contributed by atoms with van der Waals surface area (Å²) < 4.78 is 10.5. The van der Waals surface area contributed by atoms with E-state index in [1.807, 2.05) is 11.3 Å². The van der Waals surface area contributed by atoms with Crippen LogP contribution in [0, 0.1) is 0 Å². The molecule has 1 aliphatic heterocycles. The molecule has 2 heterocycles. The van der Waals surface area contributed by atoms with E-state index in [1.54, 1.807) is 14.2 Å². The molecular weight excluding hydrogens is 312 g/mol. The predicted molar refractivity (Wildman–Crippen MR) is 95.3 cm³/mol. The van der Waals surface area contributed by atoms with Gasteiger partial charge in [0.25, 0.3) is 0 Å². The van der Waals surface area contributed by atoms with Crippen molar-refractivity contribution < 1.29 is 9.47 Å². The van der Waals surface area contributed by atoms with Crippen LogP contribution in [0.4, 0.5) is 0 Å². The average Bonchev–Trinajstić information content (AvgIpc) is 3.12. The zero-order chi connectivity index (χ0) is 16.3. The molecule has 2 N–H and O–H groups in total. The number of aliphatic imine (C=N–C) groups is 1. The van der Waals surface area contributed by atoms with Crippen LogP contribution in [-0.2, 0) is 9.47 Å². The number of nitrogens with one attached hydrogen (secondary N) is 2. The summed E-state index contributed by atoms with van der Waals surface area (Å²) in [6, 6.07) is 4.68. The molecule has 1 atom stereocenters. The number of thiophene rings is 1. The molecule has 0 spiro atoms. The fourth-order valence-electron chi connectivity index (χ4n) is 2.62. The van der Waals surface area contributed by atoms with E-state index in [-0.39, 0.29) is 0 Å². The summed E-state index contributed by atoms with van der Waals surface area (Å²) in [6.45, 7) is 6.03. The van der Waals surface area contributed by atoms with Gasteiger partial charge in [-0.2, -0.15) is 0 Å². The first-order valence-corrected chi connectivity index (χ1v) is 9.01. The summed E-state index contributed by atoms with van der Waals surface area (Å²) in [7, 11) is 3.53. The number of nitrogens with zero attached hydrogens (tertiary/aromatic N) is 2. The molecule has 0 aliphatic carbocycles. The molecule has 130 valence electrons. The normalized spacial score (nSPS) is 17.9. The Morgan fingerprint density at radius 2 is 2.26 bits per heavy atom. The van der Waals surface area contributed by atoms with Crippen LogP contribution in [0.1, 0.15) is 17.3 Å². The molecule has 23 heavy (non-hydrogen) atoms. The minimum atomic E-state index is 0.358. The van der Waals surface area contributed by atoms with Crippen LogP contribution >= 0.6 is 11.3 Å². The summed E-state index contributed by atoms with van der Waals surface area (Å²) in [5, 5.41) is 8.92. The number of rotatable bonds is 8. The van der Waals surface area contributed by atoms with Crippen molar-refractivity contribution in [1.29, 1.82) is 0 Å². The van der Waals surface area contributed by atoms with E-state index >= 15 is 0 Å². The zero-order valence-electron chi connectivity index (χ0n) is 14.1. The van der Waals surface area contributed by atoms with Crippen molar-refractivity contribution in [2.24, 2.45) is 4.99 Å². The van der Waals surface area contributed by atoms with Gasteiger partial charge < -0.3 is 20.1 Å². The molecule has 1 aromatic rings. The average molecular weight is 340 g/mol. The van der Waals surface area contributed by atoms with E-state index in [0.717, 1.165) is 58.4 Å². The maximum absolute atomic E-state index is 5.48. The Hall–Kier alpha value is -1.15. The lowest BCUT2D eigenvalue weighted by Gasteiger charge is -2.34. The van der Waals surface area contributed by atoms with Gasteiger partial charge in [-0.25, -0.2) is 0 Å². The van der Waals surface area contributed by atoms with Crippen molar-refractivity contribution in [1.82, 2.24) is 15.5 Å². The summed E-state index contributed by atoms with van der Waals surface area (Å²) in [4.78, 5) is 8.17. The number of morpholine rings is 1. The van der Waals surface area contributed by atoms with Crippen LogP contribution in [0.5, 0.6) is 0 Å². The second kappa shape index (κ2) is 10.6. The third kappa shape index (κ3) is 6.10. The van der Waals surface area contributed by atoms with Gasteiger partial charge in [-0.05, 0) is 17.9 Å². The quantitative estimate of drug-likeness (QED) is 0.425. The fourth-order valence-corrected chi connectivity index (χ4v) is 3.48. The highest BCUT2D eigenvalue weighted by Crippen LogP contribution is 2.25. The highest BCUT2D eigenvalue weighted by Gasteiger charge is 2.23. The monoisotopic (exact) mass is 340 g/mol. The van der Waals surface area contributed by atoms with Crippen LogP contribution in [0.25, 0.3) is 0 Å². The van der Waals surface area contributed by atoms with Crippen LogP contribution < -0.4 is 10.6 Å². The molecule has 1 aliphatic rings. The first kappa shape index (κ1) is 18.2. The lowest BCUT2D eigenvalue weighted by Crippen LogP contribution is -2.46. The van der Waals surface area contributed by atoms with Gasteiger partial charge in [-0.3, -0.25) is 9.89 Å². The Bertz CT molecular complexity index is 447. The minimum absolute atomic E-state index is 0.358. The highest BCUT2D eigenvalue weighted by molar-refractivity contribution is 7.10. The van der Waals surface area contributed by atoms with Crippen LogP contribution in [0.2, 0.25) is 0 Å². The minimum Gasteiger partial charge on any atom is -0.385 e. The fraction of sp³-hybridized carbons (Fsp3) is 0.688. The Labute approximate surface area is 142 Å². The molecule has 0 bridgehead atoms. The van der Waals surface area contributed by atoms with Crippen molar-refractivity contribution in [3.8, 4) is 0 Å². The summed E-state index contributed by atoms with van der Waals surface area (Å²) in [6.07, 6.45) is 0.967. The van der Waals surface area contributed by atoms with Crippen LogP contribution in [-0.4, -0.2) is 71.0 Å². The molecule has 1 aromatic heterocycles. The molecule has 1 unspecified atom stereocenters. The third-order valence-electron chi connectivity index (χ3n) is 3.86. The second-order valence-corrected chi connectivity index (χ2v) is 6.39. The van der Waals surface area contributed by atoms with Gasteiger partial charge in [0, 0.05) is 51.8 Å². The highest BCUT2D eigenvalue weighted by atomic mass is 32.1. The van der Waals surface area contributed by atoms with Crippen LogP contribution in [0.3, 0.4) is 0 Å². The number of guanidine groups is 1. The lowest BCUT2D eigenvalue weighted by molar-refractivity contribution is 0.0177. The van der Waals surface area contributed by atoms with Crippen molar-refractivity contribution in [3.63, 3.8) is 0 Å². The molecule has 6 nitrogen and oxygen atoms in total. The topological polar surface area (TPSA) is 58.1 Å². The molecular formula is C16H28N4O2S. The zero-order valence-corrected chi connectivity index (χ0v) is 14.9. The summed E-state index contributed by atoms with van der Waals surface area (Å²) in [5.41, 5.74) is 0. The number of methoxy groups -OCH3 is 1. The van der Waals surface area contributed by atoms with Gasteiger partial charge in [0.2, 0.25) is 0 Å². The second-order valence-electron chi connectivity index (χ2n) is 5.41. The number of ether oxygens (including phenoxy) is 2. The SMILES string of the molecule is CN=C(NCCCOC)NCC(c1cccs1)N1CCOCC1. The van der Waals surface area contributed by atoms with Crippen molar-refractivity contribution in [3.05, 3.63) is 22.4 Å². The van der Waals surface area contributed by atoms with E-state index in [4.69, 9.17) is 9.47 Å². The van der Waals surface area contributed by atoms with E-state index in [1.165, 1.54) is 4.88 Å². The summed E-state index contributed by atoms with van der Waals surface area (Å²) >= 11 is 1.81. The molecule has 7 heteroatoms.